The van der Waals surface area contributed by atoms with Gasteiger partial charge in [-0.1, -0.05) is 0 Å². The predicted molar refractivity (Wildman–Crippen MR) is 131 cm³/mol. The molecule has 0 fully saturated rings. The van der Waals surface area contributed by atoms with Gasteiger partial charge in [-0.05, 0) is 31.2 Å². The Kier molecular flexibility index (Phi) is 7.58. The summed E-state index contributed by atoms with van der Waals surface area (Å²) in [5, 5.41) is 52.7. The number of aliphatic hydroxyl groups is 5. The number of aromatic nitrogens is 4. The molecule has 12 nitrogen and oxygen atoms in total. The maximum absolute atomic E-state index is 14.9. The van der Waals surface area contributed by atoms with Gasteiger partial charge in [-0.15, -0.1) is 0 Å². The normalized spacial score (nSPS) is 12.3. The SMILES string of the molecule is [B]C(O)(O)NCc1cnc2ccc(-c3ccc(F)c(F)c3OCCc3c(C(=O)C(O)(O)O)nn(C)c3C)cn12. The van der Waals surface area contributed by atoms with Gasteiger partial charge in [-0.3, -0.25) is 14.8 Å². The molecule has 6 N–H and O–H groups in total. The Hall–Kier alpha value is -3.73. The number of halogens is 2. The molecule has 3 heterocycles. The molecule has 39 heavy (non-hydrogen) atoms. The number of carbonyl (C=O) groups is 1. The Morgan fingerprint density at radius 1 is 1.15 bits per heavy atom. The van der Waals surface area contributed by atoms with Crippen molar-refractivity contribution in [3.05, 3.63) is 70.9 Å². The first-order chi connectivity index (χ1) is 18.2. The summed E-state index contributed by atoms with van der Waals surface area (Å²) in [5.74, 6) is -10.5. The number of hydrogen-bond acceptors (Lipinski definition) is 10. The molecule has 0 amide bonds. The van der Waals surface area contributed by atoms with Crippen molar-refractivity contribution in [1.82, 2.24) is 24.5 Å². The summed E-state index contributed by atoms with van der Waals surface area (Å²) in [6.07, 6.45) is 2.96. The van der Waals surface area contributed by atoms with Crippen molar-refractivity contribution in [2.45, 2.75) is 31.7 Å². The van der Waals surface area contributed by atoms with Gasteiger partial charge in [0.2, 0.25) is 5.82 Å². The van der Waals surface area contributed by atoms with E-state index in [0.717, 1.165) is 6.07 Å². The van der Waals surface area contributed by atoms with Gasteiger partial charge in [0.1, 0.15) is 11.3 Å². The van der Waals surface area contributed by atoms with Crippen LogP contribution in [0.15, 0.2) is 36.7 Å². The lowest BCUT2D eigenvalue weighted by Gasteiger charge is -2.18. The van der Waals surface area contributed by atoms with Crippen molar-refractivity contribution in [2.75, 3.05) is 6.61 Å². The summed E-state index contributed by atoms with van der Waals surface area (Å²) in [4.78, 5) is 16.4. The van der Waals surface area contributed by atoms with Crippen LogP contribution in [0.1, 0.15) is 27.4 Å². The predicted octanol–water partition coefficient (Wildman–Crippen LogP) is -0.390. The third kappa shape index (κ3) is 5.98. The summed E-state index contributed by atoms with van der Waals surface area (Å²) < 4.78 is 37.6. The number of fused-ring (bicyclic) bond motifs is 1. The van der Waals surface area contributed by atoms with Gasteiger partial charge in [-0.2, -0.15) is 9.49 Å². The number of nitrogens with zero attached hydrogens (tertiary/aromatic N) is 4. The maximum Gasteiger partial charge on any atom is 0.345 e. The number of aryl methyl sites for hydroxylation is 1. The minimum absolute atomic E-state index is 0.0776. The number of ether oxygens (including phenoxy) is 1. The van der Waals surface area contributed by atoms with Crippen molar-refractivity contribution in [3.63, 3.8) is 0 Å². The van der Waals surface area contributed by atoms with E-state index in [-0.39, 0.29) is 30.7 Å². The molecule has 0 spiro atoms. The van der Waals surface area contributed by atoms with Crippen LogP contribution in [-0.4, -0.2) is 76.7 Å². The van der Waals surface area contributed by atoms with Crippen LogP contribution in [0.4, 0.5) is 8.78 Å². The second-order valence-electron chi connectivity index (χ2n) is 8.81. The van der Waals surface area contributed by atoms with Crippen LogP contribution in [0.3, 0.4) is 0 Å². The Morgan fingerprint density at radius 2 is 1.87 bits per heavy atom. The number of Topliss-reactive ketones (excluding diaryl/α,β-unsaturated/α-hetero) is 1. The van der Waals surface area contributed by atoms with Gasteiger partial charge in [0.15, 0.2) is 25.2 Å². The molecule has 0 bridgehead atoms. The van der Waals surface area contributed by atoms with Gasteiger partial charge in [0.25, 0.3) is 5.78 Å². The number of pyridine rings is 1. The average Bonchev–Trinajstić information content (AvgIpc) is 3.39. The lowest BCUT2D eigenvalue weighted by Crippen LogP contribution is -2.45. The number of imidazole rings is 1. The summed E-state index contributed by atoms with van der Waals surface area (Å²) >= 11 is 0. The summed E-state index contributed by atoms with van der Waals surface area (Å²) in [6, 6.07) is 5.47. The lowest BCUT2D eigenvalue weighted by molar-refractivity contribution is -0.267. The standard InChI is InChI=1S/C24H24BF2N5O7/c1-12-15(20(30-31(12)2)22(33)23(34,35)36)7-8-39-21-16(4-5-17(26)19(21)27)13-3-6-18-28-9-14(32(18)11-13)10-29-24(25,37)38/h3-6,9,11,29,34-38H,7-8,10H2,1-2H3. The largest absolute Gasteiger partial charge is 0.489 e. The van der Waals surface area contributed by atoms with Crippen molar-refractivity contribution >= 4 is 19.3 Å². The zero-order valence-electron chi connectivity index (χ0n) is 20.8. The van der Waals surface area contributed by atoms with E-state index in [1.54, 1.807) is 29.7 Å². The highest BCUT2D eigenvalue weighted by atomic mass is 19.2. The molecule has 0 aliphatic rings. The highest BCUT2D eigenvalue weighted by Gasteiger charge is 2.36. The average molecular weight is 543 g/mol. The van der Waals surface area contributed by atoms with E-state index in [1.165, 1.54) is 24.0 Å². The smallest absolute Gasteiger partial charge is 0.345 e. The molecule has 0 atom stereocenters. The molecule has 4 rings (SSSR count). The second kappa shape index (κ2) is 10.4. The van der Waals surface area contributed by atoms with Gasteiger partial charge in [-0.25, -0.2) is 9.37 Å². The fraction of sp³-hybridized carbons (Fsp3) is 0.292. The van der Waals surface area contributed by atoms with Crippen LogP contribution >= 0.6 is 0 Å². The number of rotatable bonds is 10. The van der Waals surface area contributed by atoms with Crippen LogP contribution in [0.25, 0.3) is 16.8 Å². The van der Waals surface area contributed by atoms with E-state index in [9.17, 15) is 39.1 Å². The Balaban J connectivity index is 1.64. The fourth-order valence-corrected chi connectivity index (χ4v) is 3.99. The van der Waals surface area contributed by atoms with Gasteiger partial charge in [0.05, 0.1) is 18.5 Å². The van der Waals surface area contributed by atoms with Crippen LogP contribution in [0.2, 0.25) is 0 Å². The molecular formula is C24H24BF2N5O7. The van der Waals surface area contributed by atoms with Gasteiger partial charge < -0.3 is 34.7 Å². The first kappa shape index (κ1) is 28.3. The third-order valence-electron chi connectivity index (χ3n) is 6.05. The number of ketones is 1. The maximum atomic E-state index is 14.9. The van der Waals surface area contributed by atoms with Crippen LogP contribution < -0.4 is 10.1 Å². The number of hydrogen-bond donors (Lipinski definition) is 6. The molecular weight excluding hydrogens is 519 g/mol. The van der Waals surface area contributed by atoms with Crippen molar-refractivity contribution < 1.29 is 43.8 Å². The molecule has 0 unspecified atom stereocenters. The number of nitrogens with one attached hydrogen (secondary N) is 1. The zero-order chi connectivity index (χ0) is 28.7. The Morgan fingerprint density at radius 3 is 2.54 bits per heavy atom. The first-order valence-electron chi connectivity index (χ1n) is 11.5. The Labute approximate surface area is 221 Å². The van der Waals surface area contributed by atoms with E-state index >= 15 is 0 Å². The minimum atomic E-state index is -3.64. The topological polar surface area (TPSA) is 175 Å². The first-order valence-corrected chi connectivity index (χ1v) is 11.5. The lowest BCUT2D eigenvalue weighted by atomic mass is 10.0. The summed E-state index contributed by atoms with van der Waals surface area (Å²) in [5.41, 5.74) is 1.79. The molecule has 15 heteroatoms. The molecule has 1 aromatic carbocycles. The molecule has 0 aliphatic carbocycles. The molecule has 0 saturated heterocycles. The third-order valence-corrected chi connectivity index (χ3v) is 6.05. The van der Waals surface area contributed by atoms with Crippen molar-refractivity contribution in [3.8, 4) is 16.9 Å². The van der Waals surface area contributed by atoms with Crippen molar-refractivity contribution in [2.24, 2.45) is 7.05 Å². The highest BCUT2D eigenvalue weighted by molar-refractivity contribution is 6.12. The van der Waals surface area contributed by atoms with Crippen LogP contribution in [0, 0.1) is 18.6 Å². The summed E-state index contributed by atoms with van der Waals surface area (Å²) in [7, 11) is 6.63. The monoisotopic (exact) mass is 543 g/mol. The summed E-state index contributed by atoms with van der Waals surface area (Å²) in [6.45, 7) is 1.23. The Bertz CT molecular complexity index is 1540. The van der Waals surface area contributed by atoms with Crippen LogP contribution in [0.5, 0.6) is 5.75 Å². The number of carbonyl (C=O) groups excluding carboxylic acids is 1. The molecule has 0 saturated carbocycles. The quantitative estimate of drug-likeness (QED) is 0.0879. The fourth-order valence-electron chi connectivity index (χ4n) is 3.99. The molecule has 4 aromatic rings. The molecule has 0 aliphatic heterocycles. The van der Waals surface area contributed by atoms with E-state index in [2.05, 4.69) is 15.4 Å². The highest BCUT2D eigenvalue weighted by Crippen LogP contribution is 2.34. The van der Waals surface area contributed by atoms with E-state index in [1.807, 2.05) is 0 Å². The van der Waals surface area contributed by atoms with E-state index < -0.39 is 40.6 Å². The molecule has 3 aromatic heterocycles. The van der Waals surface area contributed by atoms with E-state index in [4.69, 9.17) is 12.6 Å². The second-order valence-corrected chi connectivity index (χ2v) is 8.81. The minimum Gasteiger partial charge on any atom is -0.489 e. The van der Waals surface area contributed by atoms with Gasteiger partial charge in [0, 0.05) is 48.6 Å². The molecule has 204 valence electrons. The van der Waals surface area contributed by atoms with Gasteiger partial charge >= 0.3 is 5.97 Å². The van der Waals surface area contributed by atoms with Crippen molar-refractivity contribution in [1.29, 1.82) is 0 Å². The zero-order valence-corrected chi connectivity index (χ0v) is 20.8. The van der Waals surface area contributed by atoms with E-state index in [0.29, 0.717) is 22.6 Å². The van der Waals surface area contributed by atoms with Crippen LogP contribution in [-0.2, 0) is 20.0 Å². The number of benzene rings is 1. The molecule has 2 radical (unpaired) electrons.